The molecule has 0 aliphatic carbocycles. The number of nitrogens with one attached hydrogen (secondary N) is 1. The van der Waals surface area contributed by atoms with Crippen molar-refractivity contribution in [1.29, 1.82) is 0 Å². The van der Waals surface area contributed by atoms with Gasteiger partial charge in [0.25, 0.3) is 0 Å². The molecule has 1 aromatic rings. The molecule has 1 N–H and O–H groups in total. The van der Waals surface area contributed by atoms with E-state index in [4.69, 9.17) is 4.98 Å². The van der Waals surface area contributed by atoms with Crippen LogP contribution in [0.1, 0.15) is 31.2 Å². The average molecular weight is 276 g/mol. The lowest BCUT2D eigenvalue weighted by Gasteiger charge is -2.21. The Bertz CT molecular complexity index is 388. The molecule has 0 spiro atoms. The highest BCUT2D eigenvalue weighted by molar-refractivity contribution is 5.11. The van der Waals surface area contributed by atoms with E-state index in [0.717, 1.165) is 31.9 Å². The number of hydrogen-bond donors (Lipinski definition) is 1. The Hall–Kier alpha value is -0.970. The number of likely N-dealkylation sites (tertiary alicyclic amines) is 1. The first-order valence-electron chi connectivity index (χ1n) is 7.84. The van der Waals surface area contributed by atoms with Crippen molar-refractivity contribution in [1.82, 2.24) is 20.1 Å². The van der Waals surface area contributed by atoms with Gasteiger partial charge < -0.3 is 10.2 Å². The molecule has 0 aromatic carbocycles. The smallest absolute Gasteiger partial charge is 0.0547 e. The summed E-state index contributed by atoms with van der Waals surface area (Å²) in [6.45, 7) is 9.79. The van der Waals surface area contributed by atoms with Crippen molar-refractivity contribution < 1.29 is 0 Å². The molecule has 4 heteroatoms. The standard InChI is InChI=1S/C16H28N4/c1-3-17-13-15-7-6-8-16(18-15)14-19(2)11-12-20-9-4-5-10-20/h6-8,17H,3-5,9-14H2,1-2H3. The average Bonchev–Trinajstić information content (AvgIpc) is 2.97. The fraction of sp³-hybridized carbons (Fsp3) is 0.688. The van der Waals surface area contributed by atoms with Gasteiger partial charge >= 0.3 is 0 Å². The van der Waals surface area contributed by atoms with Crippen LogP contribution in [0.2, 0.25) is 0 Å². The monoisotopic (exact) mass is 276 g/mol. The number of nitrogens with zero attached hydrogens (tertiary/aromatic N) is 3. The number of hydrogen-bond acceptors (Lipinski definition) is 4. The van der Waals surface area contributed by atoms with E-state index in [1.54, 1.807) is 0 Å². The fourth-order valence-corrected chi connectivity index (χ4v) is 2.64. The highest BCUT2D eigenvalue weighted by atomic mass is 15.2. The normalized spacial score (nSPS) is 16.1. The second kappa shape index (κ2) is 8.35. The number of pyridine rings is 1. The zero-order valence-corrected chi connectivity index (χ0v) is 12.9. The lowest BCUT2D eigenvalue weighted by atomic mass is 10.3. The summed E-state index contributed by atoms with van der Waals surface area (Å²) in [5.74, 6) is 0. The molecule has 2 heterocycles. The summed E-state index contributed by atoms with van der Waals surface area (Å²) in [6, 6.07) is 6.33. The lowest BCUT2D eigenvalue weighted by Crippen LogP contribution is -2.31. The van der Waals surface area contributed by atoms with Crippen LogP contribution >= 0.6 is 0 Å². The van der Waals surface area contributed by atoms with Gasteiger partial charge in [0, 0.05) is 26.2 Å². The van der Waals surface area contributed by atoms with E-state index < -0.39 is 0 Å². The highest BCUT2D eigenvalue weighted by Crippen LogP contribution is 2.07. The second-order valence-corrected chi connectivity index (χ2v) is 5.69. The summed E-state index contributed by atoms with van der Waals surface area (Å²) in [4.78, 5) is 9.65. The van der Waals surface area contributed by atoms with Gasteiger partial charge in [-0.3, -0.25) is 9.88 Å². The van der Waals surface area contributed by atoms with Crippen LogP contribution in [0, 0.1) is 0 Å². The van der Waals surface area contributed by atoms with Gasteiger partial charge in [0.05, 0.1) is 11.4 Å². The first-order valence-corrected chi connectivity index (χ1v) is 7.84. The molecule has 0 radical (unpaired) electrons. The van der Waals surface area contributed by atoms with Gasteiger partial charge in [-0.25, -0.2) is 0 Å². The fourth-order valence-electron chi connectivity index (χ4n) is 2.64. The van der Waals surface area contributed by atoms with Crippen LogP contribution in [0.15, 0.2) is 18.2 Å². The topological polar surface area (TPSA) is 31.4 Å². The summed E-state index contributed by atoms with van der Waals surface area (Å²) in [5, 5.41) is 3.32. The Kier molecular flexibility index (Phi) is 6.43. The molecule has 2 rings (SSSR count). The van der Waals surface area contributed by atoms with Crippen molar-refractivity contribution in [3.63, 3.8) is 0 Å². The second-order valence-electron chi connectivity index (χ2n) is 5.69. The van der Waals surface area contributed by atoms with Crippen LogP contribution in [-0.4, -0.2) is 54.6 Å². The van der Waals surface area contributed by atoms with E-state index in [9.17, 15) is 0 Å². The third-order valence-electron chi connectivity index (χ3n) is 3.85. The molecule has 4 nitrogen and oxygen atoms in total. The molecule has 0 amide bonds. The van der Waals surface area contributed by atoms with E-state index in [1.165, 1.54) is 38.2 Å². The van der Waals surface area contributed by atoms with Crippen LogP contribution in [0.25, 0.3) is 0 Å². The molecular formula is C16H28N4. The van der Waals surface area contributed by atoms with E-state index in [2.05, 4.69) is 47.3 Å². The highest BCUT2D eigenvalue weighted by Gasteiger charge is 2.12. The molecule has 1 aromatic heterocycles. The molecule has 20 heavy (non-hydrogen) atoms. The molecule has 1 saturated heterocycles. The van der Waals surface area contributed by atoms with Crippen molar-refractivity contribution in [3.8, 4) is 0 Å². The van der Waals surface area contributed by atoms with Crippen molar-refractivity contribution in [2.24, 2.45) is 0 Å². The maximum Gasteiger partial charge on any atom is 0.0547 e. The number of aromatic nitrogens is 1. The van der Waals surface area contributed by atoms with Gasteiger partial charge in [0.1, 0.15) is 0 Å². The van der Waals surface area contributed by atoms with Gasteiger partial charge in [-0.2, -0.15) is 0 Å². The van der Waals surface area contributed by atoms with Crippen molar-refractivity contribution in [2.45, 2.75) is 32.9 Å². The van der Waals surface area contributed by atoms with Crippen LogP contribution in [0.3, 0.4) is 0 Å². The van der Waals surface area contributed by atoms with E-state index in [1.807, 2.05) is 0 Å². The third kappa shape index (κ3) is 5.19. The summed E-state index contributed by atoms with van der Waals surface area (Å²) >= 11 is 0. The Morgan fingerprint density at radius 3 is 2.75 bits per heavy atom. The quantitative estimate of drug-likeness (QED) is 0.783. The molecule has 0 saturated carbocycles. The first-order chi connectivity index (χ1) is 9.78. The Balaban J connectivity index is 1.76. The SMILES string of the molecule is CCNCc1cccc(CN(C)CCN2CCCC2)n1. The van der Waals surface area contributed by atoms with E-state index >= 15 is 0 Å². The molecule has 1 aliphatic heterocycles. The maximum atomic E-state index is 4.71. The van der Waals surface area contributed by atoms with Crippen molar-refractivity contribution in [3.05, 3.63) is 29.6 Å². The molecule has 112 valence electrons. The van der Waals surface area contributed by atoms with Crippen LogP contribution < -0.4 is 5.32 Å². The molecule has 0 bridgehead atoms. The molecule has 0 atom stereocenters. The minimum Gasteiger partial charge on any atom is -0.311 e. The van der Waals surface area contributed by atoms with Gasteiger partial charge in [0.2, 0.25) is 0 Å². The van der Waals surface area contributed by atoms with E-state index in [0.29, 0.717) is 0 Å². The summed E-state index contributed by atoms with van der Waals surface area (Å²) in [6.07, 6.45) is 2.75. The predicted octanol–water partition coefficient (Wildman–Crippen LogP) is 1.72. The number of likely N-dealkylation sites (N-methyl/N-ethyl adjacent to an activating group) is 1. The van der Waals surface area contributed by atoms with Crippen LogP contribution in [-0.2, 0) is 13.1 Å². The zero-order valence-electron chi connectivity index (χ0n) is 12.9. The summed E-state index contributed by atoms with van der Waals surface area (Å²) < 4.78 is 0. The Labute approximate surface area is 123 Å². The third-order valence-corrected chi connectivity index (χ3v) is 3.85. The Morgan fingerprint density at radius 1 is 1.25 bits per heavy atom. The molecule has 0 unspecified atom stereocenters. The maximum absolute atomic E-state index is 4.71. The minimum absolute atomic E-state index is 0.863. The molecule has 1 fully saturated rings. The zero-order chi connectivity index (χ0) is 14.2. The minimum atomic E-state index is 0.863. The molecule has 1 aliphatic rings. The largest absolute Gasteiger partial charge is 0.311 e. The van der Waals surface area contributed by atoms with E-state index in [-0.39, 0.29) is 0 Å². The Morgan fingerprint density at radius 2 is 2.00 bits per heavy atom. The summed E-state index contributed by atoms with van der Waals surface area (Å²) in [7, 11) is 2.19. The molecular weight excluding hydrogens is 248 g/mol. The van der Waals surface area contributed by atoms with Crippen molar-refractivity contribution >= 4 is 0 Å². The summed E-state index contributed by atoms with van der Waals surface area (Å²) in [5.41, 5.74) is 2.31. The predicted molar refractivity (Wildman–Crippen MR) is 83.6 cm³/mol. The van der Waals surface area contributed by atoms with Gasteiger partial charge in [-0.15, -0.1) is 0 Å². The van der Waals surface area contributed by atoms with Crippen molar-refractivity contribution in [2.75, 3.05) is 39.8 Å². The number of rotatable bonds is 8. The van der Waals surface area contributed by atoms with Gasteiger partial charge in [0.15, 0.2) is 0 Å². The van der Waals surface area contributed by atoms with Crippen LogP contribution in [0.4, 0.5) is 0 Å². The van der Waals surface area contributed by atoms with Crippen LogP contribution in [0.5, 0.6) is 0 Å². The van der Waals surface area contributed by atoms with Gasteiger partial charge in [-0.05, 0) is 51.7 Å². The first kappa shape index (κ1) is 15.4. The lowest BCUT2D eigenvalue weighted by molar-refractivity contribution is 0.250. The van der Waals surface area contributed by atoms with Gasteiger partial charge in [-0.1, -0.05) is 13.0 Å².